The molecule has 134 valence electrons. The second-order valence-electron chi connectivity index (χ2n) is 7.24. The number of carbonyl (C=O) groups is 1. The molecule has 4 rings (SSSR count). The molecule has 0 N–H and O–H groups in total. The molecule has 2 unspecified atom stereocenters. The summed E-state index contributed by atoms with van der Waals surface area (Å²) < 4.78 is 4.37. The van der Waals surface area contributed by atoms with Crippen LogP contribution in [0.3, 0.4) is 0 Å². The van der Waals surface area contributed by atoms with Crippen LogP contribution in [0.2, 0.25) is 0 Å². The van der Waals surface area contributed by atoms with Crippen molar-refractivity contribution in [1.82, 2.24) is 23.6 Å². The molecule has 2 fully saturated rings. The van der Waals surface area contributed by atoms with Gasteiger partial charge in [0.15, 0.2) is 11.2 Å². The largest absolute Gasteiger partial charge is 0.332 e. The van der Waals surface area contributed by atoms with Gasteiger partial charge in [0.1, 0.15) is 5.78 Å². The van der Waals surface area contributed by atoms with Crippen molar-refractivity contribution in [1.29, 1.82) is 0 Å². The highest BCUT2D eigenvalue weighted by molar-refractivity contribution is 5.81. The summed E-state index contributed by atoms with van der Waals surface area (Å²) in [6, 6.07) is 0.805. The van der Waals surface area contributed by atoms with E-state index in [-0.39, 0.29) is 11.2 Å². The lowest BCUT2D eigenvalue weighted by atomic mass is 10.0. The van der Waals surface area contributed by atoms with Crippen LogP contribution in [-0.4, -0.2) is 48.0 Å². The number of aromatic nitrogens is 4. The lowest BCUT2D eigenvalue weighted by Crippen LogP contribution is -2.43. The summed E-state index contributed by atoms with van der Waals surface area (Å²) in [6.45, 7) is 1.60. The van der Waals surface area contributed by atoms with E-state index in [4.69, 9.17) is 0 Å². The molecule has 0 aliphatic carbocycles. The highest BCUT2D eigenvalue weighted by Gasteiger charge is 2.39. The molecule has 0 spiro atoms. The zero-order chi connectivity index (χ0) is 17.7. The summed E-state index contributed by atoms with van der Waals surface area (Å²) in [5.74, 6) is 0.397. The summed E-state index contributed by atoms with van der Waals surface area (Å²) in [5.41, 5.74) is 0.231. The van der Waals surface area contributed by atoms with Crippen LogP contribution in [0.5, 0.6) is 0 Å². The van der Waals surface area contributed by atoms with E-state index in [1.807, 2.05) is 4.57 Å². The quantitative estimate of drug-likeness (QED) is 0.780. The molecule has 4 heterocycles. The molecular formula is C17H23N5O3. The predicted octanol–water partition coefficient (Wildman–Crippen LogP) is 0.0197. The van der Waals surface area contributed by atoms with Crippen molar-refractivity contribution in [2.45, 2.75) is 50.7 Å². The Labute approximate surface area is 144 Å². The van der Waals surface area contributed by atoms with Gasteiger partial charge in [-0.2, -0.15) is 0 Å². The zero-order valence-corrected chi connectivity index (χ0v) is 14.6. The van der Waals surface area contributed by atoms with Crippen molar-refractivity contribution in [3.8, 4) is 0 Å². The van der Waals surface area contributed by atoms with Gasteiger partial charge in [0, 0.05) is 52.1 Å². The number of Topliss-reactive ketones (excluding diaryl/α,β-unsaturated/α-hetero) is 1. The zero-order valence-electron chi connectivity index (χ0n) is 14.6. The lowest BCUT2D eigenvalue weighted by molar-refractivity contribution is -0.123. The molecule has 2 aliphatic rings. The van der Waals surface area contributed by atoms with E-state index >= 15 is 0 Å². The summed E-state index contributed by atoms with van der Waals surface area (Å²) in [6.07, 6.45) is 6.14. The molecule has 2 atom stereocenters. The highest BCUT2D eigenvalue weighted by atomic mass is 16.2. The number of hydrogen-bond donors (Lipinski definition) is 0. The average molecular weight is 345 g/mol. The maximum Gasteiger partial charge on any atom is 0.332 e. The molecule has 2 aliphatic heterocycles. The number of piperidine rings is 1. The van der Waals surface area contributed by atoms with Crippen LogP contribution in [0.15, 0.2) is 15.9 Å². The first kappa shape index (κ1) is 16.3. The van der Waals surface area contributed by atoms with Gasteiger partial charge in [0.25, 0.3) is 5.56 Å². The predicted molar refractivity (Wildman–Crippen MR) is 92.6 cm³/mol. The Hall–Kier alpha value is -2.22. The van der Waals surface area contributed by atoms with E-state index in [9.17, 15) is 14.4 Å². The third kappa shape index (κ3) is 2.55. The third-order valence-electron chi connectivity index (χ3n) is 5.73. The molecule has 2 aromatic rings. The fourth-order valence-electron chi connectivity index (χ4n) is 4.42. The first-order chi connectivity index (χ1) is 12.0. The molecule has 25 heavy (non-hydrogen) atoms. The molecule has 8 heteroatoms. The fraction of sp³-hybridized carbons (Fsp3) is 0.647. The van der Waals surface area contributed by atoms with Crippen molar-refractivity contribution in [3.63, 3.8) is 0 Å². The van der Waals surface area contributed by atoms with Gasteiger partial charge in [0.2, 0.25) is 0 Å². The minimum absolute atomic E-state index is 0.306. The highest BCUT2D eigenvalue weighted by Crippen LogP contribution is 2.33. The number of imidazole rings is 1. The molecule has 8 nitrogen and oxygen atoms in total. The van der Waals surface area contributed by atoms with Crippen LogP contribution in [0.25, 0.3) is 11.2 Å². The van der Waals surface area contributed by atoms with Crippen LogP contribution in [0.1, 0.15) is 32.1 Å². The lowest BCUT2D eigenvalue weighted by Gasteiger charge is -2.33. The number of nitrogens with zero attached hydrogens (tertiary/aromatic N) is 5. The van der Waals surface area contributed by atoms with Gasteiger partial charge >= 0.3 is 5.69 Å². The van der Waals surface area contributed by atoms with Crippen molar-refractivity contribution in [2.75, 3.05) is 6.54 Å². The minimum atomic E-state index is -0.364. The number of carbonyl (C=O) groups excluding carboxylic acids is 1. The van der Waals surface area contributed by atoms with Crippen molar-refractivity contribution >= 4 is 16.9 Å². The maximum atomic E-state index is 12.4. The normalized spacial score (nSPS) is 23.7. The number of rotatable bonds is 4. The Morgan fingerprint density at radius 3 is 2.40 bits per heavy atom. The van der Waals surface area contributed by atoms with Gasteiger partial charge in [-0.05, 0) is 19.3 Å². The van der Waals surface area contributed by atoms with Gasteiger partial charge in [-0.25, -0.2) is 9.78 Å². The van der Waals surface area contributed by atoms with Gasteiger partial charge < -0.3 is 4.57 Å². The smallest absolute Gasteiger partial charge is 0.325 e. The molecule has 0 radical (unpaired) electrons. The Bertz CT molecular complexity index is 938. The van der Waals surface area contributed by atoms with E-state index in [2.05, 4.69) is 9.88 Å². The van der Waals surface area contributed by atoms with Gasteiger partial charge in [-0.15, -0.1) is 0 Å². The van der Waals surface area contributed by atoms with E-state index in [0.717, 1.165) is 30.4 Å². The summed E-state index contributed by atoms with van der Waals surface area (Å²) in [5, 5.41) is 0. The SMILES string of the molecule is Cn1c(=O)c2c(ncn2CCCN2C3CCC2CC(=O)C3)n(C)c1=O. The van der Waals surface area contributed by atoms with Crippen LogP contribution in [0, 0.1) is 0 Å². The maximum absolute atomic E-state index is 12.4. The second kappa shape index (κ2) is 5.94. The summed E-state index contributed by atoms with van der Waals surface area (Å²) in [4.78, 5) is 42.8. The van der Waals surface area contributed by atoms with E-state index in [1.165, 1.54) is 11.6 Å². The third-order valence-corrected chi connectivity index (χ3v) is 5.73. The Kier molecular flexibility index (Phi) is 3.87. The summed E-state index contributed by atoms with van der Waals surface area (Å²) in [7, 11) is 3.12. The Balaban J connectivity index is 1.52. The first-order valence-corrected chi connectivity index (χ1v) is 8.85. The van der Waals surface area contributed by atoms with E-state index in [1.54, 1.807) is 13.4 Å². The van der Waals surface area contributed by atoms with Gasteiger partial charge in [0.05, 0.1) is 6.33 Å². The molecule has 0 saturated carbocycles. The van der Waals surface area contributed by atoms with Crippen molar-refractivity contribution in [2.24, 2.45) is 14.1 Å². The number of ketones is 1. The molecule has 0 amide bonds. The molecule has 2 saturated heterocycles. The fourth-order valence-corrected chi connectivity index (χ4v) is 4.42. The van der Waals surface area contributed by atoms with Crippen molar-refractivity contribution < 1.29 is 4.79 Å². The van der Waals surface area contributed by atoms with E-state index < -0.39 is 0 Å². The molecule has 2 aromatic heterocycles. The van der Waals surface area contributed by atoms with Crippen LogP contribution < -0.4 is 11.2 Å². The first-order valence-electron chi connectivity index (χ1n) is 8.85. The number of fused-ring (bicyclic) bond motifs is 3. The number of aryl methyl sites for hydroxylation is 2. The molecular weight excluding hydrogens is 322 g/mol. The van der Waals surface area contributed by atoms with Crippen LogP contribution in [0.4, 0.5) is 0 Å². The number of hydrogen-bond acceptors (Lipinski definition) is 5. The topological polar surface area (TPSA) is 82.1 Å². The van der Waals surface area contributed by atoms with E-state index in [0.29, 0.717) is 48.4 Å². The molecule has 2 bridgehead atoms. The molecule has 0 aromatic carbocycles. The van der Waals surface area contributed by atoms with Crippen LogP contribution in [-0.2, 0) is 25.4 Å². The Morgan fingerprint density at radius 2 is 1.72 bits per heavy atom. The standard InChI is InChI=1S/C17H23N5O3/c1-19-15-14(16(24)20(2)17(19)25)21(10-18-15)6-3-7-22-11-4-5-12(22)9-13(23)8-11/h10-12H,3-9H2,1-2H3. The van der Waals surface area contributed by atoms with Crippen LogP contribution >= 0.6 is 0 Å². The Morgan fingerprint density at radius 1 is 1.04 bits per heavy atom. The average Bonchev–Trinajstić information content (AvgIpc) is 3.11. The van der Waals surface area contributed by atoms with Gasteiger partial charge in [-0.3, -0.25) is 23.6 Å². The van der Waals surface area contributed by atoms with Crippen molar-refractivity contribution in [3.05, 3.63) is 27.2 Å². The van der Waals surface area contributed by atoms with Gasteiger partial charge in [-0.1, -0.05) is 0 Å². The minimum Gasteiger partial charge on any atom is -0.325 e. The summed E-state index contributed by atoms with van der Waals surface area (Å²) >= 11 is 0. The monoisotopic (exact) mass is 345 g/mol. The second-order valence-corrected chi connectivity index (χ2v) is 7.24.